The van der Waals surface area contributed by atoms with Gasteiger partial charge in [-0.05, 0) is 146 Å². The van der Waals surface area contributed by atoms with E-state index >= 15 is 0 Å². The first-order chi connectivity index (χ1) is 61.0. The van der Waals surface area contributed by atoms with Crippen molar-refractivity contribution in [2.24, 2.45) is 71.0 Å². The molecule has 0 bridgehead atoms. The van der Waals surface area contributed by atoms with Gasteiger partial charge in [0.05, 0.1) is 92.5 Å². The lowest BCUT2D eigenvalue weighted by Gasteiger charge is -2.41. The molecule has 0 aliphatic carbocycles. The topological polar surface area (TPSA) is 281 Å². The number of nitrogens with zero attached hydrogens (tertiary/aromatic N) is 6. The van der Waals surface area contributed by atoms with Crippen LogP contribution in [0, 0.1) is 71.0 Å². The zero-order chi connectivity index (χ0) is 96.4. The number of aliphatic carboxylic acids is 1. The van der Waals surface area contributed by atoms with E-state index in [-0.39, 0.29) is 135 Å². The number of hydrogen-bond donors (Lipinski definition) is 3. The van der Waals surface area contributed by atoms with E-state index in [2.05, 4.69) is 152 Å². The average molecular weight is 1810 g/mol. The lowest BCUT2D eigenvalue weighted by molar-refractivity contribution is -0.150. The number of Topliss-reactive ketones (excluding diaryl/α,β-unsaturated/α-hetero) is 2. The fourth-order valence-corrected chi connectivity index (χ4v) is 19.6. The van der Waals surface area contributed by atoms with Gasteiger partial charge in [-0.25, -0.2) is 9.59 Å². The number of likely N-dealkylation sites (tertiary alicyclic amines) is 2. The highest BCUT2D eigenvalue weighted by Gasteiger charge is 2.47. The molecular weight excluding hydrogens is 1640 g/mol. The third-order valence-corrected chi connectivity index (χ3v) is 27.3. The Balaban J connectivity index is 0.000000540. The molecule has 0 saturated carbocycles. The SMILES string of the molecule is C.CC[C@H](C)[C@@H]([C@@H](CC(=O)N1CCC[C@H]1[C@H](OC)[C@@H](C)C(=O)N[C@@H](Cc1ccccc1)C(=O)O)OC)N(C)C(=O)[C@@H](CC(=O)[C@H](C(C)C)N(C)CCc1ccc(CC(C)C)cc1)C(C)C.CC[C@H](C)[C@@H]([C@@H](CC(=O)N1CCC[C@H]1[C@H](OC)[C@@H](C)C(=O)N[C@@H](Cc1ccccc1)C(=O)OC)OC)N(C)C(=O)[C@@H](CC(=O)[C@H](C(C)C)N(C)CCc1ccc(CC(C)C)cc1)C(C)C. The summed E-state index contributed by atoms with van der Waals surface area (Å²) in [5, 5.41) is 15.5. The molecule has 2 heterocycles. The van der Waals surface area contributed by atoms with E-state index in [1.807, 2.05) is 102 Å². The Labute approximate surface area is 782 Å². The molecule has 130 heavy (non-hydrogen) atoms. The van der Waals surface area contributed by atoms with Gasteiger partial charge in [0.15, 0.2) is 11.6 Å². The number of carbonyl (C=O) groups is 10. The van der Waals surface area contributed by atoms with E-state index in [0.717, 1.165) is 62.6 Å². The number of carbonyl (C=O) groups excluding carboxylic acids is 9. The summed E-state index contributed by atoms with van der Waals surface area (Å²) in [5.41, 5.74) is 6.79. The molecule has 6 rings (SSSR count). The molecule has 2 fully saturated rings. The predicted molar refractivity (Wildman–Crippen MR) is 519 cm³/mol. The summed E-state index contributed by atoms with van der Waals surface area (Å²) in [6.07, 6.45) is 5.93. The van der Waals surface area contributed by atoms with E-state index in [0.29, 0.717) is 50.7 Å². The van der Waals surface area contributed by atoms with E-state index < -0.39 is 102 Å². The normalized spacial score (nSPS) is 17.9. The third-order valence-electron chi connectivity index (χ3n) is 27.3. The van der Waals surface area contributed by atoms with Crippen molar-refractivity contribution in [3.05, 3.63) is 143 Å². The lowest BCUT2D eigenvalue weighted by Crippen LogP contribution is -2.55. The molecule has 6 amide bonds. The molecule has 3 N–H and O–H groups in total. The number of ketones is 2. The highest BCUT2D eigenvalue weighted by Crippen LogP contribution is 2.35. The van der Waals surface area contributed by atoms with Crippen molar-refractivity contribution in [3.8, 4) is 0 Å². The molecule has 0 aromatic heterocycles. The number of rotatable bonds is 54. The summed E-state index contributed by atoms with van der Waals surface area (Å²) < 4.78 is 29.2. The van der Waals surface area contributed by atoms with Crippen LogP contribution in [0.3, 0.4) is 0 Å². The summed E-state index contributed by atoms with van der Waals surface area (Å²) >= 11 is 0. The minimum atomic E-state index is -1.13. The molecule has 2 aliphatic rings. The summed E-state index contributed by atoms with van der Waals surface area (Å²) in [7, 11) is 15.1. The number of carboxylic acid groups (broad SMARTS) is 1. The molecule has 2 saturated heterocycles. The highest BCUT2D eigenvalue weighted by atomic mass is 16.5. The first kappa shape index (κ1) is 114. The first-order valence-electron chi connectivity index (χ1n) is 47.9. The number of likely N-dealkylation sites (N-methyl/N-ethyl adjacent to an activating group) is 4. The third kappa shape index (κ3) is 33.7. The smallest absolute Gasteiger partial charge is 0.328 e. The number of ether oxygens (including phenoxy) is 5. The monoisotopic (exact) mass is 1810 g/mol. The second-order valence-corrected chi connectivity index (χ2v) is 39.3. The van der Waals surface area contributed by atoms with Gasteiger partial charge >= 0.3 is 11.9 Å². The van der Waals surface area contributed by atoms with Crippen LogP contribution in [0.5, 0.6) is 0 Å². The predicted octanol–water partition coefficient (Wildman–Crippen LogP) is 15.4. The van der Waals surface area contributed by atoms with Gasteiger partial charge in [-0.15, -0.1) is 0 Å². The summed E-state index contributed by atoms with van der Waals surface area (Å²) in [4.78, 5) is 150. The quantitative estimate of drug-likeness (QED) is 0.0346. The molecule has 0 spiro atoms. The van der Waals surface area contributed by atoms with Crippen molar-refractivity contribution in [2.45, 2.75) is 308 Å². The zero-order valence-electron chi connectivity index (χ0n) is 83.6. The molecular formula is C106H170N8O16. The van der Waals surface area contributed by atoms with Crippen molar-refractivity contribution >= 4 is 58.9 Å². The largest absolute Gasteiger partial charge is 0.480 e. The maximum Gasteiger partial charge on any atom is 0.328 e. The van der Waals surface area contributed by atoms with E-state index in [1.165, 1.54) is 36.5 Å². The Morgan fingerprint density at radius 1 is 0.423 bits per heavy atom. The second-order valence-electron chi connectivity index (χ2n) is 39.3. The van der Waals surface area contributed by atoms with Crippen molar-refractivity contribution in [2.75, 3.05) is 89.9 Å². The number of benzene rings is 4. The molecule has 730 valence electrons. The number of hydrogen-bond acceptors (Lipinski definition) is 17. The van der Waals surface area contributed by atoms with Crippen molar-refractivity contribution < 1.29 is 76.7 Å². The Morgan fingerprint density at radius 2 is 0.746 bits per heavy atom. The molecule has 0 radical (unpaired) electrons. The van der Waals surface area contributed by atoms with Crippen LogP contribution in [0.1, 0.15) is 230 Å². The second kappa shape index (κ2) is 56.7. The van der Waals surface area contributed by atoms with Crippen LogP contribution in [0.2, 0.25) is 0 Å². The van der Waals surface area contributed by atoms with Gasteiger partial charge in [-0.2, -0.15) is 0 Å². The molecule has 2 aliphatic heterocycles. The zero-order valence-corrected chi connectivity index (χ0v) is 83.6. The number of carboxylic acids is 1. The summed E-state index contributed by atoms with van der Waals surface area (Å²) in [6.45, 7) is 39.2. The number of esters is 1. The maximum atomic E-state index is 14.7. The van der Waals surface area contributed by atoms with Gasteiger partial charge in [0, 0.05) is 106 Å². The van der Waals surface area contributed by atoms with E-state index in [1.54, 1.807) is 68.9 Å². The van der Waals surface area contributed by atoms with Gasteiger partial charge < -0.3 is 59.0 Å². The molecule has 24 nitrogen and oxygen atoms in total. The van der Waals surface area contributed by atoms with Crippen LogP contribution >= 0.6 is 0 Å². The van der Waals surface area contributed by atoms with Gasteiger partial charge in [0.2, 0.25) is 35.4 Å². The van der Waals surface area contributed by atoms with Crippen LogP contribution in [-0.2, 0) is 110 Å². The molecule has 0 unspecified atom stereocenters. The maximum absolute atomic E-state index is 14.7. The molecule has 24 heteroatoms. The summed E-state index contributed by atoms with van der Waals surface area (Å²) in [6, 6.07) is 31.7. The molecule has 18 atom stereocenters. The van der Waals surface area contributed by atoms with Crippen LogP contribution in [0.25, 0.3) is 0 Å². The first-order valence-corrected chi connectivity index (χ1v) is 47.9. The van der Waals surface area contributed by atoms with Crippen LogP contribution in [0.15, 0.2) is 109 Å². The van der Waals surface area contributed by atoms with Crippen molar-refractivity contribution in [1.82, 2.24) is 40.0 Å². The minimum absolute atomic E-state index is 0. The van der Waals surface area contributed by atoms with Gasteiger partial charge in [-0.1, -0.05) is 254 Å². The minimum Gasteiger partial charge on any atom is -0.480 e. The standard InChI is InChI=1S/C53H84N4O8.C52H82N4O8.CH4/c1-15-37(8)49(56(11)52(61)42(35(4)5)32-45(58)48(36(6)7)55(10)29-27-39-23-25-41(26-24-39)30-34(2)3)46(63-12)33-47(59)57-28-19-22-44(57)50(64-13)38(9)51(60)54-43(53(62)65-14)31-40-20-17-16-18-21-40;1-14-36(8)48(55(11)51(60)41(34(4)5)31-44(57)47(35(6)7)54(10)28-26-38-22-24-40(25-23-38)29-33(2)3)45(63-12)32-46(58)56-27-18-21-43(56)49(64-13)37(9)50(59)53-42(52(61)62)30-39-19-16-15-17-20-39;/h16-18,20-21,23-26,34-38,42-44,46,48-50H,15,19,22,27-33H2,1-14H3,(H,54,60);15-17,19-20,22-25,33-37,41-43,45,47-49H,14,18,21,26-32H2,1-13H3,(H,53,59)(H,61,62);1H4/t37-,38+,42-,43-,44-,46+,48-,49-,50+;36-,37+,41-,42-,43-,45+,47-,48-,49+;/m00./s1. The average Bonchev–Trinajstić information content (AvgIpc) is 1.50. The van der Waals surface area contributed by atoms with Crippen molar-refractivity contribution in [3.63, 3.8) is 0 Å². The molecule has 4 aromatic carbocycles. The van der Waals surface area contributed by atoms with Crippen LogP contribution < -0.4 is 10.6 Å². The lowest BCUT2D eigenvalue weighted by atomic mass is 9.83. The van der Waals surface area contributed by atoms with E-state index in [4.69, 9.17) is 23.7 Å². The number of amides is 6. The van der Waals surface area contributed by atoms with E-state index in [9.17, 15) is 53.1 Å². The Kier molecular flexibility index (Phi) is 49.7. The van der Waals surface area contributed by atoms with Crippen LogP contribution in [0.4, 0.5) is 0 Å². The Hall–Kier alpha value is -8.26. The van der Waals surface area contributed by atoms with Gasteiger partial charge in [0.1, 0.15) is 12.1 Å². The fourth-order valence-electron chi connectivity index (χ4n) is 19.6. The fraction of sp³-hybridized carbons (Fsp3) is 0.679. The highest BCUT2D eigenvalue weighted by molar-refractivity contribution is 5.92. The van der Waals surface area contributed by atoms with Crippen molar-refractivity contribution in [1.29, 1.82) is 0 Å². The number of methoxy groups -OCH3 is 5. The Bertz CT molecular complexity index is 4070. The number of nitrogens with one attached hydrogen (secondary N) is 2. The summed E-state index contributed by atoms with van der Waals surface area (Å²) in [5.74, 6) is -4.55. The van der Waals surface area contributed by atoms with Crippen LogP contribution in [-0.4, -0.2) is 256 Å². The van der Waals surface area contributed by atoms with Gasteiger partial charge in [0.25, 0.3) is 0 Å². The molecule has 4 aromatic rings. The van der Waals surface area contributed by atoms with Gasteiger partial charge in [-0.3, -0.25) is 48.2 Å². The Morgan fingerprint density at radius 3 is 1.04 bits per heavy atom.